The van der Waals surface area contributed by atoms with Gasteiger partial charge in [0.15, 0.2) is 0 Å². The van der Waals surface area contributed by atoms with E-state index in [0.29, 0.717) is 0 Å². The average molecular weight is 184 g/mol. The Hall–Kier alpha value is 0.230. The van der Waals surface area contributed by atoms with Crippen LogP contribution in [0.5, 0.6) is 0 Å². The van der Waals surface area contributed by atoms with Crippen LogP contribution in [0.4, 0.5) is 0 Å². The molecular formula is C2H5IN2. The molecule has 0 saturated carbocycles. The molecule has 0 aliphatic rings. The van der Waals surface area contributed by atoms with E-state index >= 15 is 0 Å². The fraction of sp³-hybridized carbons (Fsp3) is 0. The van der Waals surface area contributed by atoms with Crippen molar-refractivity contribution >= 4 is 22.6 Å². The lowest BCUT2D eigenvalue weighted by Crippen LogP contribution is -2.16. The van der Waals surface area contributed by atoms with Crippen molar-refractivity contribution in [3.63, 3.8) is 0 Å². The Kier molecular flexibility index (Phi) is 2.58. The average Bonchev–Trinajstić information content (AvgIpc) is 1.38. The van der Waals surface area contributed by atoms with Crippen LogP contribution in [0, 0.1) is 0 Å². The van der Waals surface area contributed by atoms with Gasteiger partial charge in [-0.2, -0.15) is 0 Å². The third-order valence-electron chi connectivity index (χ3n) is 0.157. The fourth-order valence-corrected chi connectivity index (χ4v) is 0. The lowest BCUT2D eigenvalue weighted by molar-refractivity contribution is 0.964. The molecule has 0 fully saturated rings. The summed E-state index contributed by atoms with van der Waals surface area (Å²) in [5, 5.41) is 0. The van der Waals surface area contributed by atoms with Crippen LogP contribution in [0.3, 0.4) is 0 Å². The molecule has 0 aromatic carbocycles. The lowest BCUT2D eigenvalue weighted by atomic mass is 11.1. The van der Waals surface area contributed by atoms with Gasteiger partial charge >= 0.3 is 0 Å². The Labute approximate surface area is 44.5 Å². The van der Waals surface area contributed by atoms with Crippen LogP contribution in [0.25, 0.3) is 0 Å². The van der Waals surface area contributed by atoms with Gasteiger partial charge in [-0.05, 0) is 22.6 Å². The second-order valence-electron chi connectivity index (χ2n) is 0.549. The smallest absolute Gasteiger partial charge is 0.0799 e. The molecule has 0 aromatic heterocycles. The molecule has 0 heterocycles. The molecule has 0 atom stereocenters. The summed E-state index contributed by atoms with van der Waals surface area (Å²) < 4.78 is 0.752. The first-order valence-corrected chi connectivity index (χ1v) is 2.16. The summed E-state index contributed by atoms with van der Waals surface area (Å²) in [7, 11) is 0. The minimum Gasteiger partial charge on any atom is -0.319 e. The zero-order valence-corrected chi connectivity index (χ0v) is 4.82. The number of hydrogen-bond donors (Lipinski definition) is 2. The van der Waals surface area contributed by atoms with Gasteiger partial charge in [0.2, 0.25) is 0 Å². The van der Waals surface area contributed by atoms with Crippen molar-refractivity contribution in [1.29, 1.82) is 0 Å². The van der Waals surface area contributed by atoms with Crippen molar-refractivity contribution in [2.45, 2.75) is 0 Å². The van der Waals surface area contributed by atoms with Crippen molar-refractivity contribution < 1.29 is 0 Å². The monoisotopic (exact) mass is 184 g/mol. The van der Waals surface area contributed by atoms with E-state index in [2.05, 4.69) is 12.0 Å². The molecule has 0 aliphatic heterocycles. The summed E-state index contributed by atoms with van der Waals surface area (Å²) >= 11 is 1.98. The number of halogens is 1. The van der Waals surface area contributed by atoms with E-state index in [1.807, 2.05) is 22.6 Å². The molecule has 0 aliphatic carbocycles. The summed E-state index contributed by atoms with van der Waals surface area (Å²) in [5.74, 6) is 4.81. The number of nitrogens with one attached hydrogen (secondary N) is 1. The molecule has 30 valence electrons. The zero-order chi connectivity index (χ0) is 4.28. The van der Waals surface area contributed by atoms with Crippen LogP contribution in [0.2, 0.25) is 0 Å². The van der Waals surface area contributed by atoms with Gasteiger partial charge < -0.3 is 5.43 Å². The topological polar surface area (TPSA) is 38.0 Å². The van der Waals surface area contributed by atoms with Gasteiger partial charge in [0.1, 0.15) is 0 Å². The van der Waals surface area contributed by atoms with Crippen LogP contribution in [-0.4, -0.2) is 0 Å². The van der Waals surface area contributed by atoms with Gasteiger partial charge in [-0.15, -0.1) is 0 Å². The van der Waals surface area contributed by atoms with Gasteiger partial charge in [-0.1, -0.05) is 6.58 Å². The SMILES string of the molecule is C=C(I)NN. The first-order valence-electron chi connectivity index (χ1n) is 1.08. The van der Waals surface area contributed by atoms with Crippen molar-refractivity contribution in [1.82, 2.24) is 5.43 Å². The highest BCUT2D eigenvalue weighted by molar-refractivity contribution is 14.1. The van der Waals surface area contributed by atoms with E-state index in [4.69, 9.17) is 5.84 Å². The largest absolute Gasteiger partial charge is 0.319 e. The Bertz CT molecular complexity index is 42.9. The van der Waals surface area contributed by atoms with Gasteiger partial charge in [-0.3, -0.25) is 5.84 Å². The maximum atomic E-state index is 4.81. The molecule has 0 radical (unpaired) electrons. The predicted molar refractivity (Wildman–Crippen MR) is 30.5 cm³/mol. The van der Waals surface area contributed by atoms with Gasteiger partial charge in [0.05, 0.1) is 3.70 Å². The van der Waals surface area contributed by atoms with Crippen LogP contribution in [0.1, 0.15) is 0 Å². The van der Waals surface area contributed by atoms with Crippen LogP contribution in [0.15, 0.2) is 10.3 Å². The minimum absolute atomic E-state index is 0.752. The van der Waals surface area contributed by atoms with Gasteiger partial charge in [0, 0.05) is 0 Å². The molecule has 3 heteroatoms. The maximum Gasteiger partial charge on any atom is 0.0799 e. The molecule has 2 nitrogen and oxygen atoms in total. The molecule has 3 N–H and O–H groups in total. The van der Waals surface area contributed by atoms with E-state index in [1.54, 1.807) is 0 Å². The van der Waals surface area contributed by atoms with E-state index in [1.165, 1.54) is 0 Å². The Morgan fingerprint density at radius 1 is 2.00 bits per heavy atom. The zero-order valence-electron chi connectivity index (χ0n) is 2.66. The van der Waals surface area contributed by atoms with Crippen molar-refractivity contribution in [3.8, 4) is 0 Å². The van der Waals surface area contributed by atoms with E-state index in [9.17, 15) is 0 Å². The third-order valence-corrected chi connectivity index (χ3v) is 0.468. The quantitative estimate of drug-likeness (QED) is 0.267. The van der Waals surface area contributed by atoms with Crippen LogP contribution >= 0.6 is 22.6 Å². The first-order chi connectivity index (χ1) is 2.27. The molecule has 0 bridgehead atoms. The first kappa shape index (κ1) is 5.23. The molecule has 0 amide bonds. The summed E-state index contributed by atoms with van der Waals surface area (Å²) in [4.78, 5) is 0. The summed E-state index contributed by atoms with van der Waals surface area (Å²) in [6.45, 7) is 3.42. The van der Waals surface area contributed by atoms with E-state index in [-0.39, 0.29) is 0 Å². The molecule has 0 rings (SSSR count). The predicted octanol–water partition coefficient (Wildman–Crippen LogP) is 0.356. The molecule has 0 spiro atoms. The minimum atomic E-state index is 0.752. The highest BCUT2D eigenvalue weighted by Gasteiger charge is 1.66. The summed E-state index contributed by atoms with van der Waals surface area (Å²) in [5.41, 5.74) is 2.32. The highest BCUT2D eigenvalue weighted by Crippen LogP contribution is 1.89. The second kappa shape index (κ2) is 2.47. The molecule has 0 aromatic rings. The number of rotatable bonds is 1. The van der Waals surface area contributed by atoms with Crippen molar-refractivity contribution in [2.75, 3.05) is 0 Å². The lowest BCUT2D eigenvalue weighted by Gasteiger charge is -1.85. The van der Waals surface area contributed by atoms with Crippen LogP contribution in [-0.2, 0) is 0 Å². The molecule has 0 saturated heterocycles. The standard InChI is InChI=1S/C2H5IN2/c1-2(3)5-4/h5H,1,4H2. The highest BCUT2D eigenvalue weighted by atomic mass is 127. The number of hydrazine groups is 1. The Morgan fingerprint density at radius 3 is 2.20 bits per heavy atom. The van der Waals surface area contributed by atoms with Gasteiger partial charge in [-0.25, -0.2) is 0 Å². The van der Waals surface area contributed by atoms with E-state index in [0.717, 1.165) is 3.70 Å². The van der Waals surface area contributed by atoms with E-state index < -0.39 is 0 Å². The molecular weight excluding hydrogens is 179 g/mol. The second-order valence-corrected chi connectivity index (χ2v) is 1.85. The normalized spacial score (nSPS) is 6.80. The van der Waals surface area contributed by atoms with Crippen LogP contribution < -0.4 is 11.3 Å². The Balaban J connectivity index is 2.85. The summed E-state index contributed by atoms with van der Waals surface area (Å²) in [6.07, 6.45) is 0. The fourth-order valence-electron chi connectivity index (χ4n) is 0. The number of hydrogen-bond acceptors (Lipinski definition) is 2. The van der Waals surface area contributed by atoms with Crippen molar-refractivity contribution in [3.05, 3.63) is 10.3 Å². The maximum absolute atomic E-state index is 4.81. The van der Waals surface area contributed by atoms with Gasteiger partial charge in [0.25, 0.3) is 0 Å². The third kappa shape index (κ3) is 4.23. The summed E-state index contributed by atoms with van der Waals surface area (Å²) in [6, 6.07) is 0. The molecule has 5 heavy (non-hydrogen) atoms. The Morgan fingerprint density at radius 2 is 2.20 bits per heavy atom. The number of nitrogens with two attached hydrogens (primary N) is 1. The molecule has 0 unspecified atom stereocenters. The van der Waals surface area contributed by atoms with Crippen molar-refractivity contribution in [2.24, 2.45) is 5.84 Å².